The average molecular weight is 267 g/mol. The van der Waals surface area contributed by atoms with Gasteiger partial charge in [0.2, 0.25) is 5.91 Å². The Morgan fingerprint density at radius 1 is 1.33 bits per heavy atom. The highest BCUT2D eigenvalue weighted by Gasteiger charge is 2.18. The molecule has 1 aliphatic rings. The molecule has 0 fully saturated rings. The first-order valence-corrected chi connectivity index (χ1v) is 6.76. The Balaban J connectivity index is 2.60. The van der Waals surface area contributed by atoms with E-state index < -0.39 is 0 Å². The molecular formula is C12H17N3O2S. The van der Waals surface area contributed by atoms with Gasteiger partial charge in [0.05, 0.1) is 17.0 Å². The van der Waals surface area contributed by atoms with Gasteiger partial charge < -0.3 is 4.90 Å². The standard InChI is InChI=1S/C12H17N3O2S/c1-5-15(6-2)10(16)7-18-12-13-9(4)8(3)11(17)14-12/h3,5-7H2,1-2,4H3. The number of aliphatic imine (C=N–C) groups is 2. The first-order valence-electron chi connectivity index (χ1n) is 5.77. The third-order valence-electron chi connectivity index (χ3n) is 2.60. The van der Waals surface area contributed by atoms with E-state index in [9.17, 15) is 9.59 Å². The molecule has 2 amide bonds. The summed E-state index contributed by atoms with van der Waals surface area (Å²) < 4.78 is 0. The molecule has 0 atom stereocenters. The second-order valence-corrected chi connectivity index (χ2v) is 4.67. The molecule has 0 spiro atoms. The van der Waals surface area contributed by atoms with Gasteiger partial charge in [-0.25, -0.2) is 4.99 Å². The van der Waals surface area contributed by atoms with Crippen LogP contribution >= 0.6 is 11.8 Å². The van der Waals surface area contributed by atoms with Crippen LogP contribution in [0, 0.1) is 0 Å². The molecule has 0 aliphatic carbocycles. The zero-order chi connectivity index (χ0) is 13.7. The Kier molecular flexibility index (Phi) is 5.27. The first kappa shape index (κ1) is 14.6. The van der Waals surface area contributed by atoms with Crippen LogP contribution in [0.2, 0.25) is 0 Å². The largest absolute Gasteiger partial charge is 0.343 e. The normalized spacial score (nSPS) is 15.3. The molecule has 5 nitrogen and oxygen atoms in total. The van der Waals surface area contributed by atoms with Crippen molar-refractivity contribution in [2.75, 3.05) is 18.8 Å². The summed E-state index contributed by atoms with van der Waals surface area (Å²) in [6, 6.07) is 0. The summed E-state index contributed by atoms with van der Waals surface area (Å²) in [4.78, 5) is 32.8. The smallest absolute Gasteiger partial charge is 0.280 e. The highest BCUT2D eigenvalue weighted by Crippen LogP contribution is 2.15. The van der Waals surface area contributed by atoms with Gasteiger partial charge >= 0.3 is 0 Å². The molecule has 18 heavy (non-hydrogen) atoms. The van der Waals surface area contributed by atoms with E-state index in [1.807, 2.05) is 13.8 Å². The fraction of sp³-hybridized carbons (Fsp3) is 0.500. The molecule has 0 N–H and O–H groups in total. The third kappa shape index (κ3) is 3.53. The summed E-state index contributed by atoms with van der Waals surface area (Å²) in [6.45, 7) is 10.5. The monoisotopic (exact) mass is 267 g/mol. The Morgan fingerprint density at radius 2 is 1.94 bits per heavy atom. The zero-order valence-electron chi connectivity index (χ0n) is 10.9. The van der Waals surface area contributed by atoms with Gasteiger partial charge in [-0.1, -0.05) is 18.3 Å². The summed E-state index contributed by atoms with van der Waals surface area (Å²) in [5.41, 5.74) is 0.877. The van der Waals surface area contributed by atoms with Crippen molar-refractivity contribution in [3.8, 4) is 0 Å². The van der Waals surface area contributed by atoms with Crippen LogP contribution in [0.3, 0.4) is 0 Å². The molecule has 1 aliphatic heterocycles. The predicted molar refractivity (Wildman–Crippen MR) is 75.1 cm³/mol. The van der Waals surface area contributed by atoms with Crippen LogP contribution < -0.4 is 0 Å². The van der Waals surface area contributed by atoms with Gasteiger partial charge in [0.1, 0.15) is 0 Å². The molecule has 98 valence electrons. The van der Waals surface area contributed by atoms with Gasteiger partial charge in [0.25, 0.3) is 5.91 Å². The van der Waals surface area contributed by atoms with E-state index in [-0.39, 0.29) is 17.6 Å². The molecule has 0 bridgehead atoms. The minimum absolute atomic E-state index is 0.0254. The van der Waals surface area contributed by atoms with Crippen molar-refractivity contribution in [2.45, 2.75) is 20.8 Å². The molecular weight excluding hydrogens is 250 g/mol. The summed E-state index contributed by atoms with van der Waals surface area (Å²) >= 11 is 1.18. The third-order valence-corrected chi connectivity index (χ3v) is 3.43. The van der Waals surface area contributed by atoms with Crippen LogP contribution in [0.15, 0.2) is 22.1 Å². The first-order chi connectivity index (χ1) is 8.49. The number of nitrogens with zero attached hydrogens (tertiary/aromatic N) is 3. The number of rotatable bonds is 4. The number of hydrogen-bond acceptors (Lipinski definition) is 4. The van der Waals surface area contributed by atoms with Crippen molar-refractivity contribution in [3.63, 3.8) is 0 Å². The predicted octanol–water partition coefficient (Wildman–Crippen LogP) is 1.50. The van der Waals surface area contributed by atoms with Gasteiger partial charge in [0, 0.05) is 13.1 Å². The average Bonchev–Trinajstić information content (AvgIpc) is 2.34. The lowest BCUT2D eigenvalue weighted by atomic mass is 10.2. The summed E-state index contributed by atoms with van der Waals surface area (Å²) in [5, 5.41) is 0.338. The van der Waals surface area contributed by atoms with E-state index in [1.54, 1.807) is 11.8 Å². The Labute approximate surface area is 111 Å². The van der Waals surface area contributed by atoms with Crippen molar-refractivity contribution < 1.29 is 9.59 Å². The summed E-state index contributed by atoms with van der Waals surface area (Å²) in [6.07, 6.45) is 0. The molecule has 0 saturated heterocycles. The molecule has 1 rings (SSSR count). The van der Waals surface area contributed by atoms with E-state index in [0.717, 1.165) is 0 Å². The number of hydrogen-bond donors (Lipinski definition) is 0. The molecule has 0 saturated carbocycles. The van der Waals surface area contributed by atoms with Crippen molar-refractivity contribution in [3.05, 3.63) is 12.2 Å². The van der Waals surface area contributed by atoms with Gasteiger partial charge in [-0.05, 0) is 20.8 Å². The number of amidine groups is 1. The molecule has 0 aromatic heterocycles. The van der Waals surface area contributed by atoms with Crippen LogP contribution in [0.4, 0.5) is 0 Å². The molecule has 0 radical (unpaired) electrons. The number of thioether (sulfide) groups is 1. The van der Waals surface area contributed by atoms with E-state index >= 15 is 0 Å². The quantitative estimate of drug-likeness (QED) is 0.725. The number of carbonyl (C=O) groups excluding carboxylic acids is 2. The van der Waals surface area contributed by atoms with Crippen molar-refractivity contribution in [1.82, 2.24) is 4.90 Å². The Hall–Kier alpha value is -1.43. The Bertz CT molecular complexity index is 437. The second-order valence-electron chi connectivity index (χ2n) is 3.73. The van der Waals surface area contributed by atoms with Crippen LogP contribution in [0.1, 0.15) is 20.8 Å². The maximum absolute atomic E-state index is 11.8. The van der Waals surface area contributed by atoms with Gasteiger partial charge in [0.15, 0.2) is 5.17 Å². The summed E-state index contributed by atoms with van der Waals surface area (Å²) in [7, 11) is 0. The fourth-order valence-electron chi connectivity index (χ4n) is 1.40. The molecule has 0 aromatic rings. The summed E-state index contributed by atoms with van der Waals surface area (Å²) in [5.74, 6) is -0.102. The van der Waals surface area contributed by atoms with Gasteiger partial charge in [-0.2, -0.15) is 4.99 Å². The van der Waals surface area contributed by atoms with Gasteiger partial charge in [-0.3, -0.25) is 9.59 Å². The lowest BCUT2D eigenvalue weighted by Gasteiger charge is -2.18. The highest BCUT2D eigenvalue weighted by atomic mass is 32.2. The van der Waals surface area contributed by atoms with E-state index in [1.165, 1.54) is 11.8 Å². The van der Waals surface area contributed by atoms with Gasteiger partial charge in [-0.15, -0.1) is 0 Å². The minimum Gasteiger partial charge on any atom is -0.343 e. The van der Waals surface area contributed by atoms with E-state index in [0.29, 0.717) is 29.5 Å². The van der Waals surface area contributed by atoms with Crippen LogP contribution in [0.5, 0.6) is 0 Å². The molecule has 0 aromatic carbocycles. The number of amides is 2. The lowest BCUT2D eigenvalue weighted by molar-refractivity contribution is -0.128. The van der Waals surface area contributed by atoms with Crippen LogP contribution in [0.25, 0.3) is 0 Å². The van der Waals surface area contributed by atoms with Crippen LogP contribution in [-0.4, -0.2) is 46.4 Å². The number of carbonyl (C=O) groups is 2. The molecule has 1 heterocycles. The SMILES string of the molecule is C=C1C(=O)N=C(SCC(=O)N(CC)CC)N=C1C. The highest BCUT2D eigenvalue weighted by molar-refractivity contribution is 8.14. The topological polar surface area (TPSA) is 62.1 Å². The second kappa shape index (κ2) is 6.49. The molecule has 6 heteroatoms. The van der Waals surface area contributed by atoms with E-state index in [4.69, 9.17) is 0 Å². The zero-order valence-corrected chi connectivity index (χ0v) is 11.7. The lowest BCUT2D eigenvalue weighted by Crippen LogP contribution is -2.32. The fourth-order valence-corrected chi connectivity index (χ4v) is 2.19. The maximum Gasteiger partial charge on any atom is 0.280 e. The maximum atomic E-state index is 11.8. The van der Waals surface area contributed by atoms with Crippen LogP contribution in [-0.2, 0) is 9.59 Å². The Morgan fingerprint density at radius 3 is 2.44 bits per heavy atom. The molecule has 0 unspecified atom stereocenters. The van der Waals surface area contributed by atoms with E-state index in [2.05, 4.69) is 16.6 Å². The van der Waals surface area contributed by atoms with Crippen molar-refractivity contribution in [2.24, 2.45) is 9.98 Å². The minimum atomic E-state index is -0.375. The van der Waals surface area contributed by atoms with Crippen molar-refractivity contribution in [1.29, 1.82) is 0 Å². The van der Waals surface area contributed by atoms with Crippen molar-refractivity contribution >= 4 is 34.5 Å².